The fourth-order valence-electron chi connectivity index (χ4n) is 2.02. The third kappa shape index (κ3) is 12.0. The standard InChI is InChI=1S/C10H14N2O.C6H7ClN2.C5H10O/c1-5-13-9(4)10-11-7(2)6-8(3)12-10;1-4-3-5(2)9-6(7)8-4;1-4-6-5(2)3/h6H,4-5H2,1-3H3;3H,1-2H3;2,4H2,1,3H3. The summed E-state index contributed by atoms with van der Waals surface area (Å²) in [7, 11) is 0. The topological polar surface area (TPSA) is 70.0 Å². The molecule has 0 aliphatic heterocycles. The van der Waals surface area contributed by atoms with Crippen LogP contribution in [0.25, 0.3) is 5.76 Å². The maximum Gasteiger partial charge on any atom is 0.222 e. The van der Waals surface area contributed by atoms with Gasteiger partial charge in [0.05, 0.1) is 19.0 Å². The van der Waals surface area contributed by atoms with E-state index in [2.05, 4.69) is 33.1 Å². The highest BCUT2D eigenvalue weighted by Crippen LogP contribution is 2.09. The van der Waals surface area contributed by atoms with Crippen LogP contribution in [0.15, 0.2) is 31.0 Å². The number of hydrogen-bond acceptors (Lipinski definition) is 6. The summed E-state index contributed by atoms with van der Waals surface area (Å²) in [5, 5.41) is 0.326. The van der Waals surface area contributed by atoms with Gasteiger partial charge >= 0.3 is 0 Å². The molecule has 0 aromatic carbocycles. The average Bonchev–Trinajstić information content (AvgIpc) is 2.53. The highest BCUT2D eigenvalue weighted by atomic mass is 35.5. The first-order valence-corrected chi connectivity index (χ1v) is 9.37. The van der Waals surface area contributed by atoms with Gasteiger partial charge < -0.3 is 9.47 Å². The van der Waals surface area contributed by atoms with Crippen molar-refractivity contribution in [2.45, 2.75) is 48.5 Å². The number of aryl methyl sites for hydroxylation is 4. The Kier molecular flexibility index (Phi) is 12.5. The number of aromatic nitrogens is 4. The van der Waals surface area contributed by atoms with E-state index in [4.69, 9.17) is 21.1 Å². The van der Waals surface area contributed by atoms with E-state index in [1.807, 2.05) is 60.6 Å². The highest BCUT2D eigenvalue weighted by Gasteiger charge is 2.03. The van der Waals surface area contributed by atoms with E-state index < -0.39 is 0 Å². The predicted molar refractivity (Wildman–Crippen MR) is 115 cm³/mol. The first-order chi connectivity index (χ1) is 13.1. The van der Waals surface area contributed by atoms with E-state index in [1.165, 1.54) is 0 Å². The molecule has 0 radical (unpaired) electrons. The van der Waals surface area contributed by atoms with Crippen LogP contribution in [-0.2, 0) is 9.47 Å². The summed E-state index contributed by atoms with van der Waals surface area (Å²) in [5.41, 5.74) is 3.69. The molecule has 0 atom stereocenters. The molecule has 154 valence electrons. The number of hydrogen-bond donors (Lipinski definition) is 0. The molecular formula is C21H31ClN4O2. The lowest BCUT2D eigenvalue weighted by molar-refractivity contribution is 0.233. The first-order valence-electron chi connectivity index (χ1n) is 8.99. The second-order valence-electron chi connectivity index (χ2n) is 5.89. The Labute approximate surface area is 173 Å². The van der Waals surface area contributed by atoms with Crippen molar-refractivity contribution < 1.29 is 9.47 Å². The van der Waals surface area contributed by atoms with Crippen molar-refractivity contribution in [2.75, 3.05) is 13.2 Å². The van der Waals surface area contributed by atoms with Gasteiger partial charge in [0.25, 0.3) is 0 Å². The van der Waals surface area contributed by atoms with Crippen LogP contribution in [0.3, 0.4) is 0 Å². The zero-order chi connectivity index (χ0) is 21.7. The van der Waals surface area contributed by atoms with Gasteiger partial charge in [0.15, 0.2) is 11.6 Å². The van der Waals surface area contributed by atoms with Crippen molar-refractivity contribution in [3.05, 3.63) is 64.9 Å². The maximum atomic E-state index is 5.53. The van der Waals surface area contributed by atoms with E-state index in [1.54, 1.807) is 0 Å². The molecular weight excluding hydrogens is 376 g/mol. The Morgan fingerprint density at radius 2 is 1.21 bits per heavy atom. The van der Waals surface area contributed by atoms with Crippen LogP contribution in [0.2, 0.25) is 5.28 Å². The minimum absolute atomic E-state index is 0.326. The third-order valence-electron chi connectivity index (χ3n) is 2.90. The fourth-order valence-corrected chi connectivity index (χ4v) is 2.29. The summed E-state index contributed by atoms with van der Waals surface area (Å²) < 4.78 is 10.1. The average molecular weight is 407 g/mol. The smallest absolute Gasteiger partial charge is 0.222 e. The molecule has 2 rings (SSSR count). The molecule has 0 fully saturated rings. The zero-order valence-corrected chi connectivity index (χ0v) is 18.7. The summed E-state index contributed by atoms with van der Waals surface area (Å²) in [5.74, 6) is 1.91. The van der Waals surface area contributed by atoms with Crippen LogP contribution in [0.1, 0.15) is 49.4 Å². The monoisotopic (exact) mass is 406 g/mol. The summed E-state index contributed by atoms with van der Waals surface area (Å²) in [4.78, 5) is 16.2. The van der Waals surface area contributed by atoms with Crippen molar-refractivity contribution in [3.8, 4) is 0 Å². The van der Waals surface area contributed by atoms with Crippen molar-refractivity contribution in [1.29, 1.82) is 0 Å². The minimum atomic E-state index is 0.326. The molecule has 2 aromatic rings. The van der Waals surface area contributed by atoms with Gasteiger partial charge in [-0.1, -0.05) is 13.2 Å². The van der Waals surface area contributed by atoms with Gasteiger partial charge in [0.2, 0.25) is 5.28 Å². The largest absolute Gasteiger partial charge is 0.499 e. The van der Waals surface area contributed by atoms with Crippen LogP contribution in [0.4, 0.5) is 0 Å². The second kappa shape index (κ2) is 13.7. The lowest BCUT2D eigenvalue weighted by Crippen LogP contribution is -2.00. The maximum absolute atomic E-state index is 5.53. The molecule has 0 bridgehead atoms. The number of nitrogens with zero attached hydrogens (tertiary/aromatic N) is 4. The van der Waals surface area contributed by atoms with Gasteiger partial charge in [0, 0.05) is 22.8 Å². The molecule has 2 heterocycles. The van der Waals surface area contributed by atoms with Crippen LogP contribution in [-0.4, -0.2) is 33.1 Å². The molecule has 28 heavy (non-hydrogen) atoms. The zero-order valence-electron chi connectivity index (χ0n) is 18.0. The number of rotatable bonds is 5. The van der Waals surface area contributed by atoms with E-state index in [0.29, 0.717) is 23.5 Å². The van der Waals surface area contributed by atoms with Gasteiger partial charge in [-0.2, -0.15) is 0 Å². The molecule has 7 heteroatoms. The lowest BCUT2D eigenvalue weighted by Gasteiger charge is -2.06. The Morgan fingerprint density at radius 1 is 0.821 bits per heavy atom. The summed E-state index contributed by atoms with van der Waals surface area (Å²) in [6.45, 7) is 21.9. The number of halogens is 1. The van der Waals surface area contributed by atoms with Crippen molar-refractivity contribution >= 4 is 17.4 Å². The van der Waals surface area contributed by atoms with Gasteiger partial charge in [-0.3, -0.25) is 0 Å². The van der Waals surface area contributed by atoms with E-state index in [0.717, 1.165) is 35.1 Å². The van der Waals surface area contributed by atoms with Crippen molar-refractivity contribution in [3.63, 3.8) is 0 Å². The molecule has 0 spiro atoms. The Morgan fingerprint density at radius 3 is 1.50 bits per heavy atom. The molecule has 0 N–H and O–H groups in total. The molecule has 0 aliphatic carbocycles. The second-order valence-corrected chi connectivity index (χ2v) is 6.22. The Hall–Kier alpha value is -2.47. The first kappa shape index (κ1) is 25.5. The lowest BCUT2D eigenvalue weighted by atomic mass is 10.3. The van der Waals surface area contributed by atoms with Gasteiger partial charge in [-0.05, 0) is 72.2 Å². The third-order valence-corrected chi connectivity index (χ3v) is 3.07. The SMILES string of the molecule is C=C(C)OCC.C=C(OCC)c1nc(C)cc(C)n1.Cc1cc(C)nc(Cl)n1. The highest BCUT2D eigenvalue weighted by molar-refractivity contribution is 6.28. The van der Waals surface area contributed by atoms with Gasteiger partial charge in [-0.15, -0.1) is 0 Å². The Balaban J connectivity index is 0.000000423. The summed E-state index contributed by atoms with van der Waals surface area (Å²) >= 11 is 5.53. The van der Waals surface area contributed by atoms with Crippen LogP contribution < -0.4 is 0 Å². The van der Waals surface area contributed by atoms with Crippen molar-refractivity contribution in [1.82, 2.24) is 19.9 Å². The number of allylic oxidation sites excluding steroid dienone is 1. The van der Waals surface area contributed by atoms with Gasteiger partial charge in [-0.25, -0.2) is 19.9 Å². The predicted octanol–water partition coefficient (Wildman–Crippen LogP) is 5.40. The molecule has 0 unspecified atom stereocenters. The fraction of sp³-hybridized carbons (Fsp3) is 0.429. The molecule has 0 saturated heterocycles. The molecule has 0 saturated carbocycles. The van der Waals surface area contributed by atoms with E-state index in [9.17, 15) is 0 Å². The Bertz CT molecular complexity index is 708. The molecule has 2 aromatic heterocycles. The van der Waals surface area contributed by atoms with Crippen LogP contribution in [0.5, 0.6) is 0 Å². The quantitative estimate of drug-likeness (QED) is 0.488. The molecule has 0 aliphatic rings. The van der Waals surface area contributed by atoms with Crippen LogP contribution in [0, 0.1) is 27.7 Å². The summed E-state index contributed by atoms with van der Waals surface area (Å²) in [6.07, 6.45) is 0. The van der Waals surface area contributed by atoms with E-state index >= 15 is 0 Å². The number of ether oxygens (including phenoxy) is 2. The van der Waals surface area contributed by atoms with Crippen molar-refractivity contribution in [2.24, 2.45) is 0 Å². The molecule has 0 amide bonds. The van der Waals surface area contributed by atoms with Crippen LogP contribution >= 0.6 is 11.6 Å². The van der Waals surface area contributed by atoms with Gasteiger partial charge in [0.1, 0.15) is 0 Å². The molecule has 6 nitrogen and oxygen atoms in total. The van der Waals surface area contributed by atoms with E-state index in [-0.39, 0.29) is 0 Å². The minimum Gasteiger partial charge on any atom is -0.499 e. The summed E-state index contributed by atoms with van der Waals surface area (Å²) in [6, 6.07) is 3.80. The normalized spacial score (nSPS) is 9.29.